The van der Waals surface area contributed by atoms with E-state index in [4.69, 9.17) is 5.11 Å². The Kier molecular flexibility index (Phi) is 6.19. The molecule has 1 aromatic heterocycles. The van der Waals surface area contributed by atoms with Crippen LogP contribution in [0.25, 0.3) is 10.9 Å². The van der Waals surface area contributed by atoms with Crippen LogP contribution < -0.4 is 5.32 Å². The SMILES string of the molecule is CC(CC1CC(C(=O)O)C1)NC(=O)c1cccc2ccn(Cc3ccc(C(F)(F)F)cc3)c12. The van der Waals surface area contributed by atoms with E-state index in [1.54, 1.807) is 12.1 Å². The predicted octanol–water partition coefficient (Wildman–Crippen LogP) is 5.33. The number of fused-ring (bicyclic) bond motifs is 1. The van der Waals surface area contributed by atoms with E-state index >= 15 is 0 Å². The van der Waals surface area contributed by atoms with Gasteiger partial charge < -0.3 is 15.0 Å². The van der Waals surface area contributed by atoms with Crippen molar-refractivity contribution in [1.29, 1.82) is 0 Å². The number of hydrogen-bond donors (Lipinski definition) is 2. The molecule has 174 valence electrons. The molecular weight excluding hydrogens is 433 g/mol. The zero-order valence-corrected chi connectivity index (χ0v) is 18.1. The summed E-state index contributed by atoms with van der Waals surface area (Å²) in [7, 11) is 0. The number of amides is 1. The summed E-state index contributed by atoms with van der Waals surface area (Å²) >= 11 is 0. The number of aromatic nitrogens is 1. The summed E-state index contributed by atoms with van der Waals surface area (Å²) in [5, 5.41) is 12.9. The number of carboxylic acid groups (broad SMARTS) is 1. The molecule has 0 aliphatic heterocycles. The van der Waals surface area contributed by atoms with Gasteiger partial charge >= 0.3 is 12.1 Å². The standard InChI is InChI=1S/C25H25F3N2O3/c1-15(11-17-12-19(13-17)24(32)33)29-23(31)21-4-2-3-18-9-10-30(22(18)21)14-16-5-7-20(8-6-16)25(26,27)28/h2-10,15,17,19H,11-14H2,1H3,(H,29,31)(H,32,33). The quantitative estimate of drug-likeness (QED) is 0.503. The fraction of sp³-hybridized carbons (Fsp3) is 0.360. The lowest BCUT2D eigenvalue weighted by molar-refractivity contribution is -0.146. The van der Waals surface area contributed by atoms with Gasteiger partial charge in [-0.3, -0.25) is 9.59 Å². The number of rotatable bonds is 7. The van der Waals surface area contributed by atoms with Crippen LogP contribution in [0.3, 0.4) is 0 Å². The summed E-state index contributed by atoms with van der Waals surface area (Å²) in [6, 6.07) is 12.2. The van der Waals surface area contributed by atoms with Crippen LogP contribution in [0.5, 0.6) is 0 Å². The Labute approximate surface area is 189 Å². The van der Waals surface area contributed by atoms with Crippen molar-refractivity contribution >= 4 is 22.8 Å². The zero-order chi connectivity index (χ0) is 23.8. The number of halogens is 3. The molecule has 8 heteroatoms. The first-order valence-corrected chi connectivity index (χ1v) is 10.9. The highest BCUT2D eigenvalue weighted by atomic mass is 19.4. The number of para-hydroxylation sites is 1. The number of benzene rings is 2. The van der Waals surface area contributed by atoms with Crippen molar-refractivity contribution in [1.82, 2.24) is 9.88 Å². The van der Waals surface area contributed by atoms with Crippen LogP contribution in [0.2, 0.25) is 0 Å². The molecule has 1 heterocycles. The first kappa shape index (κ1) is 22.9. The highest BCUT2D eigenvalue weighted by molar-refractivity contribution is 6.06. The number of carbonyl (C=O) groups excluding carboxylic acids is 1. The first-order valence-electron chi connectivity index (χ1n) is 10.9. The molecule has 1 aliphatic carbocycles. The number of nitrogens with one attached hydrogen (secondary N) is 1. The van der Waals surface area contributed by atoms with E-state index in [0.717, 1.165) is 29.5 Å². The Bertz CT molecular complexity index is 1160. The molecule has 0 saturated heterocycles. The van der Waals surface area contributed by atoms with Crippen molar-refractivity contribution in [3.8, 4) is 0 Å². The third kappa shape index (κ3) is 5.05. The first-order chi connectivity index (χ1) is 15.6. The van der Waals surface area contributed by atoms with E-state index in [9.17, 15) is 22.8 Å². The minimum atomic E-state index is -4.38. The maximum atomic E-state index is 13.0. The number of aliphatic carboxylic acids is 1. The molecule has 0 bridgehead atoms. The molecule has 1 amide bonds. The van der Waals surface area contributed by atoms with Crippen molar-refractivity contribution in [3.63, 3.8) is 0 Å². The van der Waals surface area contributed by atoms with Gasteiger partial charge in [0, 0.05) is 24.2 Å². The molecule has 1 atom stereocenters. The number of carboxylic acids is 1. The van der Waals surface area contributed by atoms with Crippen molar-refractivity contribution in [2.24, 2.45) is 11.8 Å². The van der Waals surface area contributed by atoms with Gasteiger partial charge in [-0.2, -0.15) is 13.2 Å². The second-order valence-corrected chi connectivity index (χ2v) is 8.86. The van der Waals surface area contributed by atoms with E-state index in [1.165, 1.54) is 12.1 Å². The summed E-state index contributed by atoms with van der Waals surface area (Å²) < 4.78 is 40.4. The molecule has 1 saturated carbocycles. The van der Waals surface area contributed by atoms with E-state index in [1.807, 2.05) is 29.8 Å². The summed E-state index contributed by atoms with van der Waals surface area (Å²) in [5.74, 6) is -0.973. The van der Waals surface area contributed by atoms with Gasteiger partial charge in [-0.05, 0) is 61.9 Å². The minimum Gasteiger partial charge on any atom is -0.481 e. The fourth-order valence-electron chi connectivity index (χ4n) is 4.56. The van der Waals surface area contributed by atoms with Gasteiger partial charge in [0.15, 0.2) is 0 Å². The Hall–Kier alpha value is -3.29. The topological polar surface area (TPSA) is 71.3 Å². The third-order valence-electron chi connectivity index (χ3n) is 6.32. The fourth-order valence-corrected chi connectivity index (χ4v) is 4.56. The minimum absolute atomic E-state index is 0.106. The maximum Gasteiger partial charge on any atom is 0.416 e. The van der Waals surface area contributed by atoms with Crippen molar-refractivity contribution < 1.29 is 27.9 Å². The molecular formula is C25H25F3N2O3. The van der Waals surface area contributed by atoms with E-state index in [2.05, 4.69) is 5.32 Å². The van der Waals surface area contributed by atoms with Crippen LogP contribution in [0.15, 0.2) is 54.7 Å². The van der Waals surface area contributed by atoms with E-state index < -0.39 is 17.7 Å². The molecule has 2 N–H and O–H groups in total. The van der Waals surface area contributed by atoms with Crippen LogP contribution in [-0.2, 0) is 17.5 Å². The van der Waals surface area contributed by atoms with Crippen LogP contribution in [0.4, 0.5) is 13.2 Å². The molecule has 0 radical (unpaired) electrons. The molecule has 1 fully saturated rings. The maximum absolute atomic E-state index is 13.0. The van der Waals surface area contributed by atoms with Gasteiger partial charge in [0.2, 0.25) is 0 Å². The van der Waals surface area contributed by atoms with Crippen LogP contribution in [-0.4, -0.2) is 27.6 Å². The molecule has 3 aromatic rings. The van der Waals surface area contributed by atoms with Gasteiger partial charge in [-0.1, -0.05) is 24.3 Å². The zero-order valence-electron chi connectivity index (χ0n) is 18.1. The van der Waals surface area contributed by atoms with Crippen LogP contribution in [0.1, 0.15) is 47.7 Å². The average molecular weight is 458 g/mol. The largest absolute Gasteiger partial charge is 0.481 e. The summed E-state index contributed by atoms with van der Waals surface area (Å²) in [6.07, 6.45) is -0.558. The predicted molar refractivity (Wildman–Crippen MR) is 118 cm³/mol. The highest BCUT2D eigenvalue weighted by Gasteiger charge is 2.35. The molecule has 1 aliphatic rings. The normalized spacial score (nSPS) is 19.2. The van der Waals surface area contributed by atoms with Gasteiger partial charge in [-0.15, -0.1) is 0 Å². The monoisotopic (exact) mass is 458 g/mol. The number of alkyl halides is 3. The lowest BCUT2D eigenvalue weighted by Gasteiger charge is -2.34. The van der Waals surface area contributed by atoms with Gasteiger partial charge in [0.1, 0.15) is 0 Å². The average Bonchev–Trinajstić information content (AvgIpc) is 3.12. The van der Waals surface area contributed by atoms with Gasteiger partial charge in [-0.25, -0.2) is 0 Å². The Morgan fingerprint density at radius 1 is 1.12 bits per heavy atom. The number of carbonyl (C=O) groups is 2. The Balaban J connectivity index is 1.48. The number of nitrogens with zero attached hydrogens (tertiary/aromatic N) is 1. The molecule has 5 nitrogen and oxygen atoms in total. The van der Waals surface area contributed by atoms with Crippen molar-refractivity contribution in [2.75, 3.05) is 0 Å². The molecule has 0 spiro atoms. The van der Waals surface area contributed by atoms with Crippen molar-refractivity contribution in [2.45, 2.75) is 44.9 Å². The highest BCUT2D eigenvalue weighted by Crippen LogP contribution is 2.37. The van der Waals surface area contributed by atoms with Gasteiger partial charge in [0.05, 0.1) is 22.6 Å². The van der Waals surface area contributed by atoms with Crippen molar-refractivity contribution in [3.05, 3.63) is 71.4 Å². The lowest BCUT2D eigenvalue weighted by Crippen LogP contribution is -2.38. The molecule has 1 unspecified atom stereocenters. The van der Waals surface area contributed by atoms with E-state index in [0.29, 0.717) is 36.4 Å². The summed E-state index contributed by atoms with van der Waals surface area (Å²) in [4.78, 5) is 24.0. The lowest BCUT2D eigenvalue weighted by atomic mass is 9.72. The van der Waals surface area contributed by atoms with E-state index in [-0.39, 0.29) is 17.9 Å². The molecule has 4 rings (SSSR count). The second kappa shape index (κ2) is 8.92. The Morgan fingerprint density at radius 2 is 1.82 bits per heavy atom. The van der Waals surface area contributed by atoms with Crippen LogP contribution in [0, 0.1) is 11.8 Å². The number of hydrogen-bond acceptors (Lipinski definition) is 2. The summed E-state index contributed by atoms with van der Waals surface area (Å²) in [6.45, 7) is 2.24. The second-order valence-electron chi connectivity index (χ2n) is 8.86. The van der Waals surface area contributed by atoms with Gasteiger partial charge in [0.25, 0.3) is 5.91 Å². The Morgan fingerprint density at radius 3 is 2.45 bits per heavy atom. The smallest absolute Gasteiger partial charge is 0.416 e. The van der Waals surface area contributed by atoms with Crippen LogP contribution >= 0.6 is 0 Å². The third-order valence-corrected chi connectivity index (χ3v) is 6.32. The molecule has 33 heavy (non-hydrogen) atoms. The summed E-state index contributed by atoms with van der Waals surface area (Å²) in [5.41, 5.74) is 1.21. The molecule has 2 aromatic carbocycles.